The van der Waals surface area contributed by atoms with Gasteiger partial charge in [-0.05, 0) is 6.42 Å². The van der Waals surface area contributed by atoms with Crippen molar-refractivity contribution in [2.24, 2.45) is 5.73 Å². The molecule has 0 saturated heterocycles. The van der Waals surface area contributed by atoms with E-state index >= 15 is 0 Å². The largest absolute Gasteiger partial charge is 0.480 e. The molecule has 12 heavy (non-hydrogen) atoms. The van der Waals surface area contributed by atoms with Gasteiger partial charge in [0.15, 0.2) is 1.41 Å². The molecule has 0 aliphatic carbocycles. The number of rotatable bonds is 4. The van der Waals surface area contributed by atoms with E-state index in [9.17, 15) is 9.59 Å². The van der Waals surface area contributed by atoms with Gasteiger partial charge < -0.3 is 15.7 Å². The molecule has 1 unspecified atom stereocenters. The Labute approximate surface area is 72.6 Å². The molecule has 0 aromatic rings. The molecule has 0 saturated carbocycles. The molecule has 2 amide bonds. The van der Waals surface area contributed by atoms with Crippen molar-refractivity contribution in [1.82, 2.24) is 4.90 Å². The van der Waals surface area contributed by atoms with Crippen LogP contribution in [0.5, 0.6) is 0 Å². The van der Waals surface area contributed by atoms with E-state index in [2.05, 4.69) is 0 Å². The van der Waals surface area contributed by atoms with Crippen molar-refractivity contribution in [2.45, 2.75) is 25.8 Å². The number of primary amides is 1. The van der Waals surface area contributed by atoms with Crippen LogP contribution in [0.1, 0.15) is 19.8 Å². The summed E-state index contributed by atoms with van der Waals surface area (Å²) in [5.74, 6) is -1.05. The predicted molar refractivity (Wildman–Crippen MR) is 43.7 cm³/mol. The third kappa shape index (κ3) is 2.77. The van der Waals surface area contributed by atoms with Gasteiger partial charge in [-0.1, -0.05) is 13.3 Å². The molecule has 0 fully saturated rings. The highest BCUT2D eigenvalue weighted by Crippen LogP contribution is 2.04. The fourth-order valence-corrected chi connectivity index (χ4v) is 0.898. The average Bonchev–Trinajstić information content (AvgIpc) is 2.11. The zero-order valence-corrected chi connectivity index (χ0v) is 7.20. The molecular weight excluding hydrogens is 160 g/mol. The fourth-order valence-electron chi connectivity index (χ4n) is 0.898. The summed E-state index contributed by atoms with van der Waals surface area (Å²) in [4.78, 5) is 22.6. The number of carbonyl (C=O) groups excluding carboxylic acids is 1. The minimum absolute atomic E-state index is 0.388. The van der Waals surface area contributed by atoms with Gasteiger partial charge in [-0.2, -0.15) is 0 Å². The number of hydrogen-bond donors (Lipinski definition) is 2. The molecule has 0 aliphatic rings. The molecule has 0 rings (SSSR count). The van der Waals surface area contributed by atoms with E-state index in [1.807, 2.05) is 6.92 Å². The van der Waals surface area contributed by atoms with Crippen molar-refractivity contribution in [3.63, 3.8) is 0 Å². The Morgan fingerprint density at radius 3 is 2.67 bits per heavy atom. The highest BCUT2D eigenvalue weighted by Gasteiger charge is 2.23. The Hall–Kier alpha value is -1.26. The molecule has 5 heteroatoms. The van der Waals surface area contributed by atoms with E-state index in [1.165, 1.54) is 7.05 Å². The third-order valence-electron chi connectivity index (χ3n) is 1.64. The standard InChI is InChI=1S/C7H14N2O3/c1-3-4-5(6(10)11)9(2)7(8)12/h5H,3-4H2,1-2H3,(H2,8,12)(H,10,11)/i/hD. The smallest absolute Gasteiger partial charge is 0.326 e. The Morgan fingerprint density at radius 2 is 2.33 bits per heavy atom. The van der Waals surface area contributed by atoms with Crippen molar-refractivity contribution < 1.29 is 16.1 Å². The molecule has 1 atom stereocenters. The number of aliphatic carboxylic acids is 1. The molecule has 0 aliphatic heterocycles. The van der Waals surface area contributed by atoms with Gasteiger partial charge in [-0.3, -0.25) is 0 Å². The zero-order valence-electron chi connectivity index (χ0n) is 8.20. The summed E-state index contributed by atoms with van der Waals surface area (Å²) >= 11 is 0. The summed E-state index contributed by atoms with van der Waals surface area (Å²) in [6.07, 6.45) is 1.06. The maximum Gasteiger partial charge on any atom is 0.326 e. The second-order valence-corrected chi connectivity index (χ2v) is 2.56. The lowest BCUT2D eigenvalue weighted by molar-refractivity contribution is -0.142. The van der Waals surface area contributed by atoms with Crippen LogP contribution in [-0.4, -0.2) is 35.1 Å². The quantitative estimate of drug-likeness (QED) is 0.642. The lowest BCUT2D eigenvalue weighted by Gasteiger charge is -2.21. The molecule has 0 aromatic carbocycles. The summed E-state index contributed by atoms with van der Waals surface area (Å²) in [7, 11) is 1.36. The van der Waals surface area contributed by atoms with Gasteiger partial charge in [-0.25, -0.2) is 9.59 Å². The number of likely N-dealkylation sites (N-methyl/N-ethyl adjacent to an activating group) is 1. The van der Waals surface area contributed by atoms with Crippen molar-refractivity contribution in [3.05, 3.63) is 0 Å². The van der Waals surface area contributed by atoms with Crippen LogP contribution in [0.4, 0.5) is 4.79 Å². The maximum atomic E-state index is 10.9. The van der Waals surface area contributed by atoms with E-state index in [1.54, 1.807) is 5.73 Å². The first-order valence-electron chi connectivity index (χ1n) is 4.21. The lowest BCUT2D eigenvalue weighted by atomic mass is 10.1. The minimum atomic E-state index is -1.05. The van der Waals surface area contributed by atoms with Gasteiger partial charge in [0.05, 0.1) is 0 Å². The number of nitrogens with two attached hydrogens (primary N) is 1. The Morgan fingerprint density at radius 1 is 1.75 bits per heavy atom. The van der Waals surface area contributed by atoms with Gasteiger partial charge in [0, 0.05) is 7.05 Å². The van der Waals surface area contributed by atoms with Gasteiger partial charge in [-0.15, -0.1) is 0 Å². The SMILES string of the molecule is [2H]NC(=O)N(C)C(CCC)C(=O)O. The van der Waals surface area contributed by atoms with Gasteiger partial charge in [0.1, 0.15) is 6.04 Å². The van der Waals surface area contributed by atoms with Crippen LogP contribution in [0.2, 0.25) is 1.41 Å². The molecule has 0 spiro atoms. The summed E-state index contributed by atoms with van der Waals surface area (Å²) in [6, 6.07) is -1.56. The average molecular weight is 175 g/mol. The molecule has 0 radical (unpaired) electrons. The lowest BCUT2D eigenvalue weighted by Crippen LogP contribution is -2.44. The Balaban J connectivity index is 4.35. The van der Waals surface area contributed by atoms with Gasteiger partial charge >= 0.3 is 12.0 Å². The first-order chi connectivity index (χ1) is 6.04. The highest BCUT2D eigenvalue weighted by atomic mass is 16.4. The van der Waals surface area contributed by atoms with E-state index in [-0.39, 0.29) is 0 Å². The maximum absolute atomic E-state index is 10.9. The summed E-state index contributed by atoms with van der Waals surface area (Å²) in [5.41, 5.74) is 1.63. The Bertz CT molecular complexity index is 198. The second-order valence-electron chi connectivity index (χ2n) is 2.56. The van der Waals surface area contributed by atoms with Gasteiger partial charge in [0.25, 0.3) is 0 Å². The summed E-state index contributed by atoms with van der Waals surface area (Å²) < 4.78 is 6.57. The van der Waals surface area contributed by atoms with E-state index < -0.39 is 18.0 Å². The molecule has 0 aromatic heterocycles. The topological polar surface area (TPSA) is 83.6 Å². The number of urea groups is 1. The normalized spacial score (nSPS) is 13.0. The highest BCUT2D eigenvalue weighted by molar-refractivity contribution is 5.81. The molecule has 0 bridgehead atoms. The third-order valence-corrected chi connectivity index (χ3v) is 1.64. The van der Waals surface area contributed by atoms with E-state index in [4.69, 9.17) is 6.52 Å². The van der Waals surface area contributed by atoms with Crippen LogP contribution in [-0.2, 0) is 4.79 Å². The zero-order chi connectivity index (χ0) is 10.4. The monoisotopic (exact) mass is 175 g/mol. The molecular formula is C7H14N2O3. The number of carboxylic acid groups (broad SMARTS) is 1. The van der Waals surface area contributed by atoms with Crippen molar-refractivity contribution in [1.29, 1.82) is 0 Å². The van der Waals surface area contributed by atoms with Crippen LogP contribution in [0.15, 0.2) is 0 Å². The first-order valence-corrected chi connectivity index (χ1v) is 3.71. The molecule has 3 N–H and O–H groups in total. The van der Waals surface area contributed by atoms with Crippen LogP contribution in [0, 0.1) is 0 Å². The van der Waals surface area contributed by atoms with Crippen LogP contribution in [0.3, 0.4) is 0 Å². The van der Waals surface area contributed by atoms with Gasteiger partial charge in [0.2, 0.25) is 0 Å². The van der Waals surface area contributed by atoms with E-state index in [0.29, 0.717) is 12.8 Å². The molecule has 0 heterocycles. The Kier molecular flexibility index (Phi) is 3.37. The minimum Gasteiger partial charge on any atom is -0.480 e. The first kappa shape index (κ1) is 8.83. The molecule has 70 valence electrons. The number of nitrogens with zero attached hydrogens (tertiary/aromatic N) is 1. The molecule has 5 nitrogen and oxygen atoms in total. The summed E-state index contributed by atoms with van der Waals surface area (Å²) in [6.45, 7) is 1.84. The predicted octanol–water partition coefficient (Wildman–Crippen LogP) is 0.250. The van der Waals surface area contributed by atoms with Crippen molar-refractivity contribution >= 4 is 12.0 Å². The van der Waals surface area contributed by atoms with Crippen molar-refractivity contribution in [2.75, 3.05) is 7.05 Å². The number of amides is 2. The second kappa shape index (κ2) is 4.58. The van der Waals surface area contributed by atoms with Crippen LogP contribution in [0.25, 0.3) is 0 Å². The number of carboxylic acids is 1. The fraction of sp³-hybridized carbons (Fsp3) is 0.714. The van der Waals surface area contributed by atoms with Crippen LogP contribution < -0.4 is 5.73 Å². The van der Waals surface area contributed by atoms with Crippen LogP contribution >= 0.6 is 0 Å². The number of hydrogen-bond acceptors (Lipinski definition) is 2. The number of carbonyl (C=O) groups is 2. The van der Waals surface area contributed by atoms with E-state index in [0.717, 1.165) is 4.90 Å². The van der Waals surface area contributed by atoms with Crippen molar-refractivity contribution in [3.8, 4) is 0 Å². The summed E-state index contributed by atoms with van der Waals surface area (Å²) in [5, 5.41) is 8.74.